The fourth-order valence-electron chi connectivity index (χ4n) is 0.604. The van der Waals surface area contributed by atoms with Crippen LogP contribution in [0, 0.1) is 0 Å². The largest absolute Gasteiger partial charge is 0.522 e. The Morgan fingerprint density at radius 1 is 0.636 bits per heavy atom. The van der Waals surface area contributed by atoms with Crippen molar-refractivity contribution in [2.24, 2.45) is 0 Å². The number of piperazine rings is 1. The average molecular weight is 386 g/mol. The van der Waals surface area contributed by atoms with Crippen molar-refractivity contribution in [3.8, 4) is 0 Å². The summed E-state index contributed by atoms with van der Waals surface area (Å²) in [5.41, 5.74) is -11.1. The van der Waals surface area contributed by atoms with Gasteiger partial charge in [0.2, 0.25) is 0 Å². The summed E-state index contributed by atoms with van der Waals surface area (Å²) < 4.78 is 115. The van der Waals surface area contributed by atoms with Gasteiger partial charge in [0.1, 0.15) is 0 Å². The Morgan fingerprint density at radius 3 is 0.818 bits per heavy atom. The summed E-state index contributed by atoms with van der Waals surface area (Å²) in [6, 6.07) is 0. The van der Waals surface area contributed by atoms with Gasteiger partial charge in [0.15, 0.2) is 0 Å². The van der Waals surface area contributed by atoms with E-state index in [2.05, 4.69) is 10.6 Å². The molecular weight excluding hydrogens is 374 g/mol. The molecule has 0 unspecified atom stereocenters. The zero-order valence-corrected chi connectivity index (χ0v) is 12.1. The van der Waals surface area contributed by atoms with Crippen LogP contribution in [0.4, 0.5) is 26.3 Å². The molecule has 0 bridgehead atoms. The molecule has 0 aromatic rings. The minimum atomic E-state index is -5.84. The molecule has 16 heteroatoms. The van der Waals surface area contributed by atoms with Crippen molar-refractivity contribution in [2.75, 3.05) is 26.2 Å². The molecule has 1 rings (SSSR count). The monoisotopic (exact) mass is 386 g/mol. The first-order chi connectivity index (χ1) is 9.50. The molecule has 1 saturated heterocycles. The fourth-order valence-corrected chi connectivity index (χ4v) is 0.604. The topological polar surface area (TPSA) is 133 Å². The highest BCUT2D eigenvalue weighted by atomic mass is 32.2. The fraction of sp³-hybridized carbons (Fsp3) is 1.00. The Kier molecular flexibility index (Phi) is 9.46. The van der Waals surface area contributed by atoms with Crippen LogP contribution in [0.2, 0.25) is 0 Å². The molecular formula is C6H12F6N2O6S2. The molecule has 1 aliphatic rings. The van der Waals surface area contributed by atoms with E-state index in [9.17, 15) is 26.3 Å². The summed E-state index contributed by atoms with van der Waals surface area (Å²) in [5, 5.41) is 6.44. The van der Waals surface area contributed by atoms with Gasteiger partial charge in [-0.1, -0.05) is 0 Å². The maximum atomic E-state index is 10.7. The van der Waals surface area contributed by atoms with Gasteiger partial charge in [-0.2, -0.15) is 43.2 Å². The normalized spacial score (nSPS) is 16.7. The van der Waals surface area contributed by atoms with E-state index in [0.717, 1.165) is 26.2 Å². The lowest BCUT2D eigenvalue weighted by Gasteiger charge is -2.11. The Bertz CT molecular complexity index is 455. The van der Waals surface area contributed by atoms with Crippen LogP contribution in [0.1, 0.15) is 0 Å². The molecule has 0 aliphatic carbocycles. The molecule has 0 spiro atoms. The maximum absolute atomic E-state index is 10.7. The quantitative estimate of drug-likeness (QED) is 0.259. The SMILES string of the molecule is C1CNCCN1.O=S(=O)(O)C(F)(F)F.O=S(=O)(O)C(F)(F)F. The molecule has 22 heavy (non-hydrogen) atoms. The lowest BCUT2D eigenvalue weighted by Crippen LogP contribution is -2.39. The predicted molar refractivity (Wildman–Crippen MR) is 60.9 cm³/mol. The standard InChI is InChI=1S/C4H10N2.2CHF3O3S/c1-2-6-4-3-5-1;2*2-1(3,4)8(5,6)7/h5-6H,1-4H2;2*(H,5,6,7). The first-order valence-corrected chi connectivity index (χ1v) is 7.87. The van der Waals surface area contributed by atoms with Crippen molar-refractivity contribution < 1.29 is 52.3 Å². The summed E-state index contributed by atoms with van der Waals surface area (Å²) in [6.07, 6.45) is 0. The van der Waals surface area contributed by atoms with E-state index in [1.54, 1.807) is 0 Å². The van der Waals surface area contributed by atoms with Gasteiger partial charge >= 0.3 is 31.3 Å². The van der Waals surface area contributed by atoms with Crippen molar-refractivity contribution in [1.29, 1.82) is 0 Å². The molecule has 0 aromatic heterocycles. The zero-order valence-electron chi connectivity index (χ0n) is 10.4. The number of nitrogens with one attached hydrogen (secondary N) is 2. The van der Waals surface area contributed by atoms with E-state index in [0.29, 0.717) is 0 Å². The van der Waals surface area contributed by atoms with Gasteiger partial charge in [-0.15, -0.1) is 0 Å². The Balaban J connectivity index is 0. The first kappa shape index (κ1) is 23.6. The van der Waals surface area contributed by atoms with Crippen LogP contribution in [0.25, 0.3) is 0 Å². The molecule has 1 fully saturated rings. The number of halogens is 6. The first-order valence-electron chi connectivity index (χ1n) is 4.99. The van der Waals surface area contributed by atoms with Crippen LogP contribution in [0.15, 0.2) is 0 Å². The third kappa shape index (κ3) is 11.9. The van der Waals surface area contributed by atoms with E-state index >= 15 is 0 Å². The zero-order chi connectivity index (χ0) is 18.2. The summed E-state index contributed by atoms with van der Waals surface area (Å²) in [4.78, 5) is 0. The van der Waals surface area contributed by atoms with Gasteiger partial charge in [0.25, 0.3) is 0 Å². The minimum Gasteiger partial charge on any atom is -0.314 e. The molecule has 1 aliphatic heterocycles. The van der Waals surface area contributed by atoms with Crippen LogP contribution in [-0.4, -0.2) is 63.1 Å². The van der Waals surface area contributed by atoms with Crippen molar-refractivity contribution in [3.63, 3.8) is 0 Å². The van der Waals surface area contributed by atoms with E-state index in [4.69, 9.17) is 25.9 Å². The molecule has 8 nitrogen and oxygen atoms in total. The van der Waals surface area contributed by atoms with Crippen molar-refractivity contribution in [2.45, 2.75) is 11.0 Å². The van der Waals surface area contributed by atoms with Gasteiger partial charge in [0, 0.05) is 26.2 Å². The highest BCUT2D eigenvalue weighted by Crippen LogP contribution is 2.21. The van der Waals surface area contributed by atoms with E-state index in [1.165, 1.54) is 0 Å². The summed E-state index contributed by atoms with van der Waals surface area (Å²) in [7, 11) is -11.7. The van der Waals surface area contributed by atoms with Crippen molar-refractivity contribution in [3.05, 3.63) is 0 Å². The summed E-state index contributed by atoms with van der Waals surface area (Å²) >= 11 is 0. The molecule has 0 aromatic carbocycles. The van der Waals surface area contributed by atoms with Crippen LogP contribution >= 0.6 is 0 Å². The summed E-state index contributed by atoms with van der Waals surface area (Å²) in [5.74, 6) is 0. The summed E-state index contributed by atoms with van der Waals surface area (Å²) in [6.45, 7) is 4.56. The lowest BCUT2D eigenvalue weighted by molar-refractivity contribution is -0.0514. The van der Waals surface area contributed by atoms with Gasteiger partial charge in [-0.3, -0.25) is 9.11 Å². The lowest BCUT2D eigenvalue weighted by atomic mass is 10.4. The second kappa shape index (κ2) is 8.82. The number of rotatable bonds is 0. The average Bonchev–Trinajstić information content (AvgIpc) is 2.27. The molecule has 0 radical (unpaired) electrons. The third-order valence-corrected chi connectivity index (χ3v) is 2.71. The minimum absolute atomic E-state index is 1.14. The van der Waals surface area contributed by atoms with Gasteiger partial charge in [0.05, 0.1) is 0 Å². The van der Waals surface area contributed by atoms with Gasteiger partial charge in [-0.05, 0) is 0 Å². The number of hydrogen-bond acceptors (Lipinski definition) is 6. The predicted octanol–water partition coefficient (Wildman–Crippen LogP) is -0.0328. The van der Waals surface area contributed by atoms with Crippen LogP contribution < -0.4 is 10.6 Å². The molecule has 0 saturated carbocycles. The van der Waals surface area contributed by atoms with Crippen molar-refractivity contribution >= 4 is 20.2 Å². The smallest absolute Gasteiger partial charge is 0.314 e. The Hall–Kier alpha value is -0.680. The van der Waals surface area contributed by atoms with Gasteiger partial charge < -0.3 is 10.6 Å². The van der Waals surface area contributed by atoms with E-state index < -0.39 is 31.3 Å². The second-order valence-corrected chi connectivity index (χ2v) is 6.17. The Labute approximate surface area is 121 Å². The highest BCUT2D eigenvalue weighted by molar-refractivity contribution is 7.86. The van der Waals surface area contributed by atoms with E-state index in [1.807, 2.05) is 0 Å². The molecule has 1 heterocycles. The highest BCUT2D eigenvalue weighted by Gasteiger charge is 2.45. The van der Waals surface area contributed by atoms with Crippen molar-refractivity contribution in [1.82, 2.24) is 10.6 Å². The van der Waals surface area contributed by atoms with Crippen LogP contribution in [0.5, 0.6) is 0 Å². The molecule has 4 N–H and O–H groups in total. The Morgan fingerprint density at radius 2 is 0.773 bits per heavy atom. The second-order valence-electron chi connectivity index (χ2n) is 3.34. The molecule has 0 atom stereocenters. The number of alkyl halides is 6. The van der Waals surface area contributed by atoms with Crippen LogP contribution in [-0.2, 0) is 20.2 Å². The third-order valence-electron chi connectivity index (χ3n) is 1.54. The molecule has 0 amide bonds. The molecule has 136 valence electrons. The van der Waals surface area contributed by atoms with E-state index in [-0.39, 0.29) is 0 Å². The van der Waals surface area contributed by atoms with Crippen LogP contribution in [0.3, 0.4) is 0 Å². The number of hydrogen-bond donors (Lipinski definition) is 4. The van der Waals surface area contributed by atoms with Gasteiger partial charge in [-0.25, -0.2) is 0 Å². The maximum Gasteiger partial charge on any atom is 0.522 e.